The molecule has 2 aliphatic carbocycles. The van der Waals surface area contributed by atoms with E-state index >= 15 is 9.59 Å². The number of thiophene rings is 4. The lowest BCUT2D eigenvalue weighted by Gasteiger charge is -2.33. The molecule has 0 fully saturated rings. The van der Waals surface area contributed by atoms with E-state index in [1.54, 1.807) is 72.8 Å². The predicted molar refractivity (Wildman–Crippen MR) is 239 cm³/mol. The van der Waals surface area contributed by atoms with Crippen molar-refractivity contribution >= 4 is 111 Å². The van der Waals surface area contributed by atoms with Crippen LogP contribution in [0.5, 0.6) is 5.75 Å². The fourth-order valence-electron chi connectivity index (χ4n) is 8.06. The minimum Gasteiger partial charge on any atom is -0.457 e. The van der Waals surface area contributed by atoms with E-state index in [1.165, 1.54) is 34.8 Å². The molecular weight excluding hydrogens is 937 g/mol. The van der Waals surface area contributed by atoms with Crippen LogP contribution >= 0.6 is 45.3 Å². The average molecular weight is 959 g/mol. The van der Waals surface area contributed by atoms with E-state index < -0.39 is 63.9 Å². The van der Waals surface area contributed by atoms with Crippen LogP contribution in [-0.2, 0) is 37.9 Å². The van der Waals surface area contributed by atoms with Gasteiger partial charge in [-0.05, 0) is 59.7 Å². The molecule has 8 aromatic rings. The van der Waals surface area contributed by atoms with Crippen molar-refractivity contribution in [2.24, 2.45) is 0 Å². The van der Waals surface area contributed by atoms with Crippen molar-refractivity contribution in [2.75, 3.05) is 0 Å². The maximum Gasteiger partial charge on any atom is 0.367 e. The molecule has 324 valence electrons. The van der Waals surface area contributed by atoms with Crippen molar-refractivity contribution in [3.05, 3.63) is 180 Å². The molecule has 4 aromatic carbocycles. The maximum absolute atomic E-state index is 15.0. The van der Waals surface area contributed by atoms with Crippen LogP contribution in [0.1, 0.15) is 67.9 Å². The van der Waals surface area contributed by atoms with Gasteiger partial charge in [-0.15, -0.1) is 45.3 Å². The predicted octanol–water partition coefficient (Wildman–Crippen LogP) is 11.5. The number of esters is 2. The Balaban J connectivity index is 1.06. The summed E-state index contributed by atoms with van der Waals surface area (Å²) in [6.45, 7) is -0.540. The van der Waals surface area contributed by atoms with Crippen LogP contribution in [0.2, 0.25) is 0 Å². The van der Waals surface area contributed by atoms with E-state index in [9.17, 15) is 36.7 Å². The standard InChI is InChI=1S/C49H22F4O9S4/c50-31-15-25-26(16-32(31)51)39(55)29(38(25)54)11-23-13-35-43(63-23)37-45(65-35)46-42(44-36(66-46)14-24(64-44)12-30-40(56)27-17-33(52)34(53)18-28(27)41(30)57)62-49(37,47(58)60-19-21-7-3-1-4-8-21)48(59)61-20-22-9-5-2-6-10-22/h1-18H,19-20H2. The van der Waals surface area contributed by atoms with Gasteiger partial charge >= 0.3 is 17.5 Å². The number of halogens is 4. The number of allylic oxidation sites excluding steroid dienone is 2. The highest BCUT2D eigenvalue weighted by Crippen LogP contribution is 2.61. The van der Waals surface area contributed by atoms with Crippen molar-refractivity contribution in [2.45, 2.75) is 18.8 Å². The molecule has 5 heterocycles. The minimum absolute atomic E-state index is 0.0906. The Kier molecular flexibility index (Phi) is 9.74. The van der Waals surface area contributed by atoms with Crippen LogP contribution in [0.15, 0.2) is 108 Å². The Morgan fingerprint density at radius 3 is 1.36 bits per heavy atom. The van der Waals surface area contributed by atoms with E-state index in [0.717, 1.165) is 22.7 Å². The molecule has 1 aliphatic heterocycles. The number of rotatable bonds is 8. The van der Waals surface area contributed by atoms with Crippen molar-refractivity contribution in [1.29, 1.82) is 0 Å². The Morgan fingerprint density at radius 2 is 0.924 bits per heavy atom. The molecule has 0 radical (unpaired) electrons. The summed E-state index contributed by atoms with van der Waals surface area (Å²) in [6, 6.07) is 23.5. The SMILES string of the molecule is O=C1C(=Cc2cc3sc4c(c3s2)OC(C(=O)OCc2ccccc2)(C(=O)OCc2ccccc2)c2c-4sc3cc(C=C4C(=O)c5cc(F)c(F)cc5C4=O)sc23)C(=O)c2cc(F)c(F)cc21. The smallest absolute Gasteiger partial charge is 0.367 e. The zero-order chi connectivity index (χ0) is 45.8. The molecule has 0 amide bonds. The van der Waals surface area contributed by atoms with E-state index in [0.29, 0.717) is 73.7 Å². The van der Waals surface area contributed by atoms with E-state index in [4.69, 9.17) is 14.2 Å². The summed E-state index contributed by atoms with van der Waals surface area (Å²) in [5.41, 5.74) is -3.08. The van der Waals surface area contributed by atoms with Crippen LogP contribution < -0.4 is 4.74 Å². The highest BCUT2D eigenvalue weighted by atomic mass is 32.1. The zero-order valence-electron chi connectivity index (χ0n) is 33.1. The topological polar surface area (TPSA) is 130 Å². The normalized spacial score (nSPS) is 14.6. The van der Waals surface area contributed by atoms with Crippen LogP contribution in [-0.4, -0.2) is 35.1 Å². The second-order valence-electron chi connectivity index (χ2n) is 15.2. The Morgan fingerprint density at radius 1 is 0.530 bits per heavy atom. The molecule has 0 saturated heterocycles. The molecule has 0 N–H and O–H groups in total. The van der Waals surface area contributed by atoms with Crippen LogP contribution in [0, 0.1) is 23.3 Å². The zero-order valence-corrected chi connectivity index (χ0v) is 36.4. The fraction of sp³-hybridized carbons (Fsp3) is 0.0612. The molecule has 0 saturated carbocycles. The van der Waals surface area contributed by atoms with Gasteiger partial charge in [0, 0.05) is 36.7 Å². The lowest BCUT2D eigenvalue weighted by Crippen LogP contribution is -2.52. The van der Waals surface area contributed by atoms with Crippen molar-refractivity contribution in [3.8, 4) is 15.5 Å². The molecule has 0 spiro atoms. The molecule has 9 nitrogen and oxygen atoms in total. The van der Waals surface area contributed by atoms with Gasteiger partial charge in [-0.1, -0.05) is 60.7 Å². The monoisotopic (exact) mass is 958 g/mol. The van der Waals surface area contributed by atoms with Gasteiger partial charge in [0.05, 0.1) is 40.6 Å². The molecule has 0 bridgehead atoms. The summed E-state index contributed by atoms with van der Waals surface area (Å²) in [4.78, 5) is 85.0. The molecule has 17 heteroatoms. The number of hydrogen-bond acceptors (Lipinski definition) is 13. The maximum atomic E-state index is 15.0. The van der Waals surface area contributed by atoms with Gasteiger partial charge in [0.1, 0.15) is 13.2 Å². The third kappa shape index (κ3) is 6.44. The van der Waals surface area contributed by atoms with Gasteiger partial charge in [0.2, 0.25) is 0 Å². The average Bonchev–Trinajstić information content (AvgIpc) is 4.14. The van der Waals surface area contributed by atoms with Gasteiger partial charge in [-0.2, -0.15) is 0 Å². The highest BCUT2D eigenvalue weighted by molar-refractivity contribution is 7.35. The third-order valence-corrected chi connectivity index (χ3v) is 16.0. The Bertz CT molecular complexity index is 3440. The second-order valence-corrected chi connectivity index (χ2v) is 19.5. The summed E-state index contributed by atoms with van der Waals surface area (Å²) >= 11 is 4.55. The number of hydrogen-bond donors (Lipinski definition) is 0. The van der Waals surface area contributed by atoms with Crippen LogP contribution in [0.25, 0.3) is 40.7 Å². The summed E-state index contributed by atoms with van der Waals surface area (Å²) in [5.74, 6) is -10.4. The first-order valence-corrected chi connectivity index (χ1v) is 22.9. The summed E-state index contributed by atoms with van der Waals surface area (Å²) in [5, 5.41) is 0. The molecule has 66 heavy (non-hydrogen) atoms. The van der Waals surface area contributed by atoms with Crippen molar-refractivity contribution < 1.29 is 60.5 Å². The van der Waals surface area contributed by atoms with Crippen molar-refractivity contribution in [1.82, 2.24) is 0 Å². The first-order valence-electron chi connectivity index (χ1n) is 19.7. The first-order chi connectivity index (χ1) is 31.8. The minimum atomic E-state index is -2.63. The quantitative estimate of drug-likeness (QED) is 0.0480. The second kappa shape index (κ2) is 15.5. The van der Waals surface area contributed by atoms with Gasteiger partial charge in [0.25, 0.3) is 0 Å². The highest BCUT2D eigenvalue weighted by Gasteiger charge is 2.60. The fourth-order valence-corrected chi connectivity index (χ4v) is 13.3. The molecule has 4 aromatic heterocycles. The molecule has 0 atom stereocenters. The van der Waals surface area contributed by atoms with Crippen LogP contribution in [0.4, 0.5) is 17.6 Å². The summed E-state index contributed by atoms with van der Waals surface area (Å²) in [7, 11) is 0. The molecule has 3 aliphatic rings. The van der Waals surface area contributed by atoms with Gasteiger partial charge in [-0.3, -0.25) is 19.2 Å². The summed E-state index contributed by atoms with van der Waals surface area (Å²) < 4.78 is 77.0. The Hall–Kier alpha value is -7.18. The number of ketones is 4. The van der Waals surface area contributed by atoms with E-state index in [1.807, 2.05) is 0 Å². The third-order valence-electron chi connectivity index (χ3n) is 11.2. The Labute approximate surface area is 384 Å². The summed E-state index contributed by atoms with van der Waals surface area (Å²) in [6.07, 6.45) is 2.61. The number of benzene rings is 4. The number of carbonyl (C=O) groups is 6. The number of carbonyl (C=O) groups excluding carboxylic acids is 6. The molecular formula is C49H22F4O9S4. The van der Waals surface area contributed by atoms with Crippen molar-refractivity contribution in [3.63, 3.8) is 0 Å². The molecule has 0 unspecified atom stereocenters. The van der Waals surface area contributed by atoms with Gasteiger partial charge in [0.15, 0.2) is 52.2 Å². The number of ether oxygens (including phenoxy) is 3. The lowest BCUT2D eigenvalue weighted by molar-refractivity contribution is -0.183. The number of fused-ring (bicyclic) bond motifs is 9. The molecule has 11 rings (SSSR count). The first kappa shape index (κ1) is 41.5. The van der Waals surface area contributed by atoms with Gasteiger partial charge < -0.3 is 14.2 Å². The van der Waals surface area contributed by atoms with Crippen LogP contribution in [0.3, 0.4) is 0 Å². The van der Waals surface area contributed by atoms with E-state index in [-0.39, 0.29) is 57.9 Å². The largest absolute Gasteiger partial charge is 0.457 e. The van der Waals surface area contributed by atoms with Gasteiger partial charge in [-0.25, -0.2) is 27.2 Å². The number of Topliss-reactive ketones (excluding diaryl/α,β-unsaturated/α-hetero) is 4. The lowest BCUT2D eigenvalue weighted by atomic mass is 9.90. The van der Waals surface area contributed by atoms with E-state index in [2.05, 4.69) is 0 Å².